The van der Waals surface area contributed by atoms with E-state index < -0.39 is 5.91 Å². The smallest absolute Gasteiger partial charge is 0.256 e. The molecule has 0 atom stereocenters. The van der Waals surface area contributed by atoms with Crippen LogP contribution in [-0.2, 0) is 0 Å². The maximum Gasteiger partial charge on any atom is 0.256 e. The van der Waals surface area contributed by atoms with E-state index in [0.29, 0.717) is 11.3 Å². The predicted octanol–water partition coefficient (Wildman–Crippen LogP) is 3.52. The predicted molar refractivity (Wildman–Crippen MR) is 79.9 cm³/mol. The number of rotatable bonds is 3. The van der Waals surface area contributed by atoms with E-state index >= 15 is 0 Å². The van der Waals surface area contributed by atoms with Crippen LogP contribution < -0.4 is 11.1 Å². The van der Waals surface area contributed by atoms with Crippen LogP contribution in [0.1, 0.15) is 20.7 Å². The van der Waals surface area contributed by atoms with Crippen LogP contribution >= 0.6 is 38.9 Å². The lowest BCUT2D eigenvalue weighted by molar-refractivity contribution is 0.0996. The highest BCUT2D eigenvalue weighted by Gasteiger charge is 2.11. The minimum atomic E-state index is -0.639. The van der Waals surface area contributed by atoms with E-state index in [0.717, 1.165) is 3.79 Å². The van der Waals surface area contributed by atoms with Crippen LogP contribution in [0.2, 0.25) is 5.02 Å². The topological polar surface area (TPSA) is 72.2 Å². The fraction of sp³-hybridized carbons (Fsp3) is 0. The highest BCUT2D eigenvalue weighted by Crippen LogP contribution is 2.23. The number of halogens is 2. The van der Waals surface area contributed by atoms with Gasteiger partial charge in [-0.2, -0.15) is 0 Å². The molecule has 3 N–H and O–H groups in total. The van der Waals surface area contributed by atoms with Crippen molar-refractivity contribution < 1.29 is 9.59 Å². The van der Waals surface area contributed by atoms with Crippen molar-refractivity contribution in [1.29, 1.82) is 0 Å². The van der Waals surface area contributed by atoms with Crippen LogP contribution in [0, 0.1) is 0 Å². The maximum absolute atomic E-state index is 11.9. The molecule has 0 aliphatic carbocycles. The monoisotopic (exact) mass is 358 g/mol. The first-order valence-electron chi connectivity index (χ1n) is 5.12. The van der Waals surface area contributed by atoms with Crippen molar-refractivity contribution in [2.24, 2.45) is 5.73 Å². The third-order valence-corrected chi connectivity index (χ3v) is 4.15. The lowest BCUT2D eigenvalue weighted by Gasteiger charge is -2.06. The molecule has 0 spiro atoms. The van der Waals surface area contributed by atoms with Gasteiger partial charge in [0.15, 0.2) is 0 Å². The number of carbonyl (C=O) groups is 2. The number of benzene rings is 1. The van der Waals surface area contributed by atoms with Gasteiger partial charge in [-0.3, -0.25) is 9.59 Å². The minimum Gasteiger partial charge on any atom is -0.366 e. The molecule has 0 aliphatic heterocycles. The number of nitrogens with two attached hydrogens (primary N) is 1. The van der Waals surface area contributed by atoms with E-state index in [4.69, 9.17) is 17.3 Å². The Hall–Kier alpha value is -1.37. The second kappa shape index (κ2) is 5.73. The summed E-state index contributed by atoms with van der Waals surface area (Å²) in [5, 5.41) is 4.65. The van der Waals surface area contributed by atoms with Crippen LogP contribution in [0.5, 0.6) is 0 Å². The quantitative estimate of drug-likeness (QED) is 0.880. The molecule has 0 unspecified atom stereocenters. The van der Waals surface area contributed by atoms with E-state index in [1.165, 1.54) is 23.5 Å². The Bertz CT molecular complexity index is 657. The summed E-state index contributed by atoms with van der Waals surface area (Å²) in [4.78, 5) is 23.1. The summed E-state index contributed by atoms with van der Waals surface area (Å²) in [6.45, 7) is 0. The molecular formula is C12H8BrClN2O2S. The molecule has 2 rings (SSSR count). The molecule has 1 aromatic heterocycles. The van der Waals surface area contributed by atoms with Gasteiger partial charge in [-0.05, 0) is 40.2 Å². The molecule has 1 aromatic carbocycles. The number of thiophene rings is 1. The Kier molecular flexibility index (Phi) is 4.24. The highest BCUT2D eigenvalue weighted by atomic mass is 79.9. The van der Waals surface area contributed by atoms with E-state index in [-0.39, 0.29) is 16.5 Å². The Morgan fingerprint density at radius 3 is 2.63 bits per heavy atom. The van der Waals surface area contributed by atoms with Gasteiger partial charge in [-0.25, -0.2) is 0 Å². The van der Waals surface area contributed by atoms with Crippen molar-refractivity contribution in [3.63, 3.8) is 0 Å². The number of carbonyl (C=O) groups excluding carboxylic acids is 2. The molecule has 7 heteroatoms. The fourth-order valence-electron chi connectivity index (χ4n) is 1.42. The number of primary amides is 1. The molecule has 0 bridgehead atoms. The minimum absolute atomic E-state index is 0.172. The normalized spacial score (nSPS) is 10.2. The van der Waals surface area contributed by atoms with Crippen molar-refractivity contribution >= 4 is 56.4 Å². The van der Waals surface area contributed by atoms with Gasteiger partial charge in [0.05, 0.1) is 19.9 Å². The van der Waals surface area contributed by atoms with Crippen LogP contribution in [0.4, 0.5) is 5.69 Å². The van der Waals surface area contributed by atoms with Crippen LogP contribution in [0.3, 0.4) is 0 Å². The zero-order valence-electron chi connectivity index (χ0n) is 9.44. The summed E-state index contributed by atoms with van der Waals surface area (Å²) in [7, 11) is 0. The van der Waals surface area contributed by atoms with Gasteiger partial charge in [0.2, 0.25) is 5.91 Å². The molecule has 2 aromatic rings. The van der Waals surface area contributed by atoms with Crippen molar-refractivity contribution in [2.45, 2.75) is 0 Å². The Labute approximate surface area is 126 Å². The average Bonchev–Trinajstić information content (AvgIpc) is 2.78. The van der Waals surface area contributed by atoms with Crippen LogP contribution in [0.15, 0.2) is 33.4 Å². The number of nitrogens with one attached hydrogen (secondary N) is 1. The van der Waals surface area contributed by atoms with Gasteiger partial charge in [0.25, 0.3) is 5.91 Å². The number of hydrogen-bond acceptors (Lipinski definition) is 3. The van der Waals surface area contributed by atoms with Gasteiger partial charge in [0, 0.05) is 11.1 Å². The standard InChI is InChI=1S/C12H8BrClN2O2S/c13-10-3-6(5-19-10)12(18)16-7-1-2-9(14)8(4-7)11(15)17/h1-5H,(H2,15,17)(H,16,18). The summed E-state index contributed by atoms with van der Waals surface area (Å²) in [5.41, 5.74) is 6.36. The third kappa shape index (κ3) is 3.34. The number of hydrogen-bond donors (Lipinski definition) is 2. The first kappa shape index (κ1) is 14.0. The Balaban J connectivity index is 2.22. The summed E-state index contributed by atoms with van der Waals surface area (Å²) < 4.78 is 0.867. The molecular weight excluding hydrogens is 352 g/mol. The van der Waals surface area contributed by atoms with Crippen LogP contribution in [-0.4, -0.2) is 11.8 Å². The lowest BCUT2D eigenvalue weighted by Crippen LogP contribution is -2.14. The highest BCUT2D eigenvalue weighted by molar-refractivity contribution is 9.11. The number of anilines is 1. The molecule has 0 fully saturated rings. The summed E-state index contributed by atoms with van der Waals surface area (Å²) in [5.74, 6) is -0.904. The fourth-order valence-corrected chi connectivity index (χ4v) is 2.77. The second-order valence-electron chi connectivity index (χ2n) is 3.65. The number of amides is 2. The third-order valence-electron chi connectivity index (χ3n) is 2.32. The first-order valence-corrected chi connectivity index (χ1v) is 7.17. The zero-order chi connectivity index (χ0) is 14.0. The molecule has 1 heterocycles. The van der Waals surface area contributed by atoms with Gasteiger partial charge in [-0.1, -0.05) is 11.6 Å². The van der Waals surface area contributed by atoms with Crippen LogP contribution in [0.25, 0.3) is 0 Å². The van der Waals surface area contributed by atoms with Gasteiger partial charge in [0.1, 0.15) is 0 Å². The van der Waals surface area contributed by atoms with Crippen molar-refractivity contribution in [3.05, 3.63) is 49.6 Å². The summed E-state index contributed by atoms with van der Waals surface area (Å²) in [6.07, 6.45) is 0. The van der Waals surface area contributed by atoms with E-state index in [2.05, 4.69) is 21.2 Å². The maximum atomic E-state index is 11.9. The summed E-state index contributed by atoms with van der Waals surface area (Å²) in [6, 6.07) is 6.28. The Morgan fingerprint density at radius 2 is 2.05 bits per heavy atom. The average molecular weight is 360 g/mol. The van der Waals surface area contributed by atoms with Gasteiger partial charge < -0.3 is 11.1 Å². The first-order chi connectivity index (χ1) is 8.97. The second-order valence-corrected chi connectivity index (χ2v) is 6.35. The molecule has 0 aliphatic rings. The zero-order valence-corrected chi connectivity index (χ0v) is 12.6. The SMILES string of the molecule is NC(=O)c1cc(NC(=O)c2csc(Br)c2)ccc1Cl. The molecule has 0 radical (unpaired) electrons. The van der Waals surface area contributed by atoms with Crippen molar-refractivity contribution in [1.82, 2.24) is 0 Å². The largest absolute Gasteiger partial charge is 0.366 e. The summed E-state index contributed by atoms with van der Waals surface area (Å²) >= 11 is 10.5. The molecule has 98 valence electrons. The van der Waals surface area contributed by atoms with Gasteiger partial charge in [-0.15, -0.1) is 11.3 Å². The van der Waals surface area contributed by atoms with E-state index in [1.807, 2.05) is 0 Å². The van der Waals surface area contributed by atoms with Crippen molar-refractivity contribution in [3.8, 4) is 0 Å². The Morgan fingerprint density at radius 1 is 1.32 bits per heavy atom. The van der Waals surface area contributed by atoms with Gasteiger partial charge >= 0.3 is 0 Å². The van der Waals surface area contributed by atoms with E-state index in [9.17, 15) is 9.59 Å². The molecule has 4 nitrogen and oxygen atoms in total. The van der Waals surface area contributed by atoms with Crippen molar-refractivity contribution in [2.75, 3.05) is 5.32 Å². The molecule has 19 heavy (non-hydrogen) atoms. The van der Waals surface area contributed by atoms with E-state index in [1.54, 1.807) is 17.5 Å². The molecule has 0 saturated heterocycles. The molecule has 0 saturated carbocycles. The molecule has 2 amide bonds. The lowest BCUT2D eigenvalue weighted by atomic mass is 10.2.